The van der Waals surface area contributed by atoms with Crippen molar-refractivity contribution in [3.05, 3.63) is 40.3 Å². The molecule has 0 atom stereocenters. The summed E-state index contributed by atoms with van der Waals surface area (Å²) in [6.07, 6.45) is 0. The van der Waals surface area contributed by atoms with Crippen LogP contribution in [0.25, 0.3) is 10.4 Å². The Morgan fingerprint density at radius 3 is 2.31 bits per heavy atom. The van der Waals surface area contributed by atoms with Crippen molar-refractivity contribution in [1.29, 1.82) is 0 Å². The molecule has 0 saturated heterocycles. The SMILES string of the molecule is Cl.[N-]=[N+]=Nc1ccc(C(=O)O)cc1. The largest absolute Gasteiger partial charge is 0.478 e. The molecule has 0 radical (unpaired) electrons. The van der Waals surface area contributed by atoms with E-state index in [4.69, 9.17) is 10.6 Å². The standard InChI is InChI=1S/C7H5N3O2.ClH/c8-10-9-6-3-1-5(2-4-6)7(11)12;/h1-4H,(H,11,12);1H. The third kappa shape index (κ3) is 3.02. The summed E-state index contributed by atoms with van der Waals surface area (Å²) in [5, 5.41) is 11.8. The molecule has 1 rings (SSSR count). The Morgan fingerprint density at radius 1 is 1.38 bits per heavy atom. The van der Waals surface area contributed by atoms with Gasteiger partial charge in [-0.2, -0.15) is 0 Å². The van der Waals surface area contributed by atoms with E-state index < -0.39 is 5.97 Å². The highest BCUT2D eigenvalue weighted by Crippen LogP contribution is 2.12. The molecule has 1 aromatic carbocycles. The van der Waals surface area contributed by atoms with Gasteiger partial charge in [0, 0.05) is 10.6 Å². The Hall–Kier alpha value is -1.71. The van der Waals surface area contributed by atoms with E-state index in [1.54, 1.807) is 0 Å². The average molecular weight is 200 g/mol. The van der Waals surface area contributed by atoms with Crippen molar-refractivity contribution in [2.45, 2.75) is 0 Å². The Balaban J connectivity index is 0.00000144. The lowest BCUT2D eigenvalue weighted by molar-refractivity contribution is 0.0697. The van der Waals surface area contributed by atoms with E-state index in [1.807, 2.05) is 0 Å². The predicted molar refractivity (Wildman–Crippen MR) is 49.5 cm³/mol. The number of halogens is 1. The van der Waals surface area contributed by atoms with Crippen LogP contribution in [0.15, 0.2) is 29.4 Å². The molecule has 1 N–H and O–H groups in total. The van der Waals surface area contributed by atoms with Crippen LogP contribution in [0.2, 0.25) is 0 Å². The second kappa shape index (κ2) is 5.03. The van der Waals surface area contributed by atoms with Gasteiger partial charge in [-0.25, -0.2) is 4.79 Å². The average Bonchev–Trinajstić information content (AvgIpc) is 2.06. The van der Waals surface area contributed by atoms with E-state index in [9.17, 15) is 4.79 Å². The van der Waals surface area contributed by atoms with Crippen molar-refractivity contribution >= 4 is 24.1 Å². The second-order valence-corrected chi connectivity index (χ2v) is 2.04. The van der Waals surface area contributed by atoms with E-state index in [0.29, 0.717) is 5.69 Å². The molecule has 0 saturated carbocycles. The molecule has 0 unspecified atom stereocenters. The number of carbonyl (C=O) groups is 1. The fraction of sp³-hybridized carbons (Fsp3) is 0. The van der Waals surface area contributed by atoms with Gasteiger partial charge in [0.25, 0.3) is 0 Å². The Labute approximate surface area is 80.0 Å². The van der Waals surface area contributed by atoms with Crippen LogP contribution >= 0.6 is 12.4 Å². The molecule has 5 nitrogen and oxygen atoms in total. The normalized spacial score (nSPS) is 8.00. The third-order valence-electron chi connectivity index (χ3n) is 1.27. The molecule has 6 heteroatoms. The van der Waals surface area contributed by atoms with Crippen LogP contribution in [0.3, 0.4) is 0 Å². The zero-order valence-corrected chi connectivity index (χ0v) is 7.23. The number of carboxylic acid groups (broad SMARTS) is 1. The number of hydrogen-bond donors (Lipinski definition) is 1. The fourth-order valence-electron chi connectivity index (χ4n) is 0.722. The van der Waals surface area contributed by atoms with E-state index >= 15 is 0 Å². The summed E-state index contributed by atoms with van der Waals surface area (Å²) >= 11 is 0. The number of hydrogen-bond acceptors (Lipinski definition) is 2. The first-order valence-electron chi connectivity index (χ1n) is 3.12. The fourth-order valence-corrected chi connectivity index (χ4v) is 0.722. The minimum absolute atomic E-state index is 0. The highest BCUT2D eigenvalue weighted by atomic mass is 35.5. The lowest BCUT2D eigenvalue weighted by atomic mass is 10.2. The molecule has 0 amide bonds. The van der Waals surface area contributed by atoms with Crippen molar-refractivity contribution in [2.75, 3.05) is 0 Å². The zero-order chi connectivity index (χ0) is 8.97. The molecule has 0 aliphatic carbocycles. The van der Waals surface area contributed by atoms with Gasteiger partial charge in [-0.15, -0.1) is 12.4 Å². The lowest BCUT2D eigenvalue weighted by Crippen LogP contribution is -1.93. The van der Waals surface area contributed by atoms with E-state index in [0.717, 1.165) is 0 Å². The van der Waals surface area contributed by atoms with Crippen LogP contribution in [-0.2, 0) is 0 Å². The van der Waals surface area contributed by atoms with E-state index in [2.05, 4.69) is 10.0 Å². The Bertz CT molecular complexity index is 322. The van der Waals surface area contributed by atoms with Gasteiger partial charge < -0.3 is 5.11 Å². The molecule has 0 aliphatic rings. The van der Waals surface area contributed by atoms with Crippen LogP contribution in [0.1, 0.15) is 10.4 Å². The van der Waals surface area contributed by atoms with Crippen LogP contribution in [0.5, 0.6) is 0 Å². The maximum absolute atomic E-state index is 10.4. The topological polar surface area (TPSA) is 86.1 Å². The maximum atomic E-state index is 10.4. The molecule has 0 aromatic heterocycles. The number of azide groups is 1. The molecule has 0 heterocycles. The molecule has 13 heavy (non-hydrogen) atoms. The van der Waals surface area contributed by atoms with Gasteiger partial charge in [0.15, 0.2) is 0 Å². The predicted octanol–water partition coefficient (Wildman–Crippen LogP) is 2.75. The number of aromatic carboxylic acids is 1. The first kappa shape index (κ1) is 11.3. The summed E-state index contributed by atoms with van der Waals surface area (Å²) in [5.74, 6) is -0.998. The zero-order valence-electron chi connectivity index (χ0n) is 6.41. The van der Waals surface area contributed by atoms with E-state index in [1.165, 1.54) is 24.3 Å². The summed E-state index contributed by atoms with van der Waals surface area (Å²) < 4.78 is 0. The molecule has 0 aliphatic heterocycles. The van der Waals surface area contributed by atoms with Gasteiger partial charge in [0.2, 0.25) is 0 Å². The Kier molecular flexibility index (Phi) is 4.37. The maximum Gasteiger partial charge on any atom is 0.335 e. The molecule has 68 valence electrons. The van der Waals surface area contributed by atoms with Gasteiger partial charge in [0.1, 0.15) is 0 Å². The molecular formula is C7H6ClN3O2. The summed E-state index contributed by atoms with van der Waals surface area (Å²) in [5.41, 5.74) is 8.62. The van der Waals surface area contributed by atoms with Gasteiger partial charge in [-0.1, -0.05) is 17.2 Å². The second-order valence-electron chi connectivity index (χ2n) is 2.04. The van der Waals surface area contributed by atoms with Crippen LogP contribution in [0.4, 0.5) is 5.69 Å². The van der Waals surface area contributed by atoms with Crippen molar-refractivity contribution in [3.63, 3.8) is 0 Å². The summed E-state index contributed by atoms with van der Waals surface area (Å²) in [4.78, 5) is 12.9. The smallest absolute Gasteiger partial charge is 0.335 e. The van der Waals surface area contributed by atoms with Gasteiger partial charge in [-0.05, 0) is 17.7 Å². The first-order chi connectivity index (χ1) is 5.74. The highest BCUT2D eigenvalue weighted by molar-refractivity contribution is 5.87. The molecule has 0 fully saturated rings. The lowest BCUT2D eigenvalue weighted by Gasteiger charge is -1.92. The van der Waals surface area contributed by atoms with Gasteiger partial charge >= 0.3 is 5.97 Å². The number of nitrogens with zero attached hydrogens (tertiary/aromatic N) is 3. The van der Waals surface area contributed by atoms with Crippen LogP contribution < -0.4 is 0 Å². The highest BCUT2D eigenvalue weighted by Gasteiger charge is 1.99. The van der Waals surface area contributed by atoms with Crippen LogP contribution in [-0.4, -0.2) is 11.1 Å². The van der Waals surface area contributed by atoms with E-state index in [-0.39, 0.29) is 18.0 Å². The van der Waals surface area contributed by atoms with Crippen molar-refractivity contribution < 1.29 is 9.90 Å². The van der Waals surface area contributed by atoms with Crippen molar-refractivity contribution in [2.24, 2.45) is 5.11 Å². The number of carboxylic acids is 1. The number of benzene rings is 1. The quantitative estimate of drug-likeness (QED) is 0.451. The first-order valence-corrected chi connectivity index (χ1v) is 3.12. The summed E-state index contributed by atoms with van der Waals surface area (Å²) in [6, 6.07) is 5.66. The van der Waals surface area contributed by atoms with Crippen molar-refractivity contribution in [1.82, 2.24) is 0 Å². The molecule has 0 spiro atoms. The minimum Gasteiger partial charge on any atom is -0.478 e. The minimum atomic E-state index is -0.998. The molecule has 1 aromatic rings. The van der Waals surface area contributed by atoms with Crippen molar-refractivity contribution in [3.8, 4) is 0 Å². The van der Waals surface area contributed by atoms with Crippen LogP contribution in [0, 0.1) is 0 Å². The monoisotopic (exact) mass is 199 g/mol. The Morgan fingerprint density at radius 2 is 1.92 bits per heavy atom. The number of rotatable bonds is 2. The molecule has 0 bridgehead atoms. The summed E-state index contributed by atoms with van der Waals surface area (Å²) in [7, 11) is 0. The third-order valence-corrected chi connectivity index (χ3v) is 1.27. The van der Waals surface area contributed by atoms with Gasteiger partial charge in [0.05, 0.1) is 5.56 Å². The summed E-state index contributed by atoms with van der Waals surface area (Å²) in [6.45, 7) is 0. The molecular weight excluding hydrogens is 194 g/mol. The van der Waals surface area contributed by atoms with Gasteiger partial charge in [-0.3, -0.25) is 0 Å².